The molecule has 0 saturated carbocycles. The number of ether oxygens (including phenoxy) is 2. The number of benzene rings is 3. The van der Waals surface area contributed by atoms with Crippen molar-refractivity contribution in [1.29, 1.82) is 0 Å². The highest BCUT2D eigenvalue weighted by atomic mass is 35.5. The molecule has 2 amide bonds. The molecule has 1 heterocycles. The molecule has 3 aromatic rings. The van der Waals surface area contributed by atoms with Gasteiger partial charge in [-0.05, 0) is 97.6 Å². The second-order valence-electron chi connectivity index (χ2n) is 9.26. The van der Waals surface area contributed by atoms with Crippen LogP contribution >= 0.6 is 11.6 Å². The molecule has 0 bridgehead atoms. The molecule has 0 aliphatic carbocycles. The number of sulfonamides is 1. The fourth-order valence-electron chi connectivity index (χ4n) is 4.17. The summed E-state index contributed by atoms with van der Waals surface area (Å²) >= 11 is 5.98. The number of carbonyl (C=O) groups is 2. The van der Waals surface area contributed by atoms with Crippen molar-refractivity contribution in [3.8, 4) is 11.5 Å². The highest BCUT2D eigenvalue weighted by molar-refractivity contribution is 7.92. The number of methoxy groups -OCH3 is 1. The third kappa shape index (κ3) is 8.21. The lowest BCUT2D eigenvalue weighted by molar-refractivity contribution is -0.134. The van der Waals surface area contributed by atoms with E-state index in [9.17, 15) is 18.0 Å². The van der Waals surface area contributed by atoms with Gasteiger partial charge in [-0.25, -0.2) is 13.8 Å². The molecule has 10 nitrogen and oxygen atoms in total. The standard InChI is InChI=1S/C29H31ClN4O6S/c1-39-25-13-15-27(16-14-25)41(37,38)34(24-9-7-23(30)8-10-24)20-28(35)32-31-19-22-5-11-26(12-6-22)40-21-29(36)33-17-3-2-4-18-33/h5-16,19H,2-4,17-18,20-21H2,1H3,(H,32,35)/b31-19-. The first-order valence-corrected chi connectivity index (χ1v) is 14.8. The maximum atomic E-state index is 13.5. The number of carbonyl (C=O) groups excluding carboxylic acids is 2. The zero-order valence-corrected chi connectivity index (χ0v) is 24.1. The van der Waals surface area contributed by atoms with Gasteiger partial charge in [-0.3, -0.25) is 13.9 Å². The molecule has 216 valence electrons. The van der Waals surface area contributed by atoms with Gasteiger partial charge in [0.2, 0.25) is 0 Å². The molecule has 1 fully saturated rings. The van der Waals surface area contributed by atoms with E-state index in [1.165, 1.54) is 49.7 Å². The van der Waals surface area contributed by atoms with Crippen LogP contribution in [0.2, 0.25) is 5.02 Å². The summed E-state index contributed by atoms with van der Waals surface area (Å²) in [6, 6.07) is 18.9. The molecule has 41 heavy (non-hydrogen) atoms. The fourth-order valence-corrected chi connectivity index (χ4v) is 5.72. The maximum absolute atomic E-state index is 13.5. The average molecular weight is 599 g/mol. The van der Waals surface area contributed by atoms with Crippen LogP contribution in [0, 0.1) is 0 Å². The summed E-state index contributed by atoms with van der Waals surface area (Å²) in [6.07, 6.45) is 4.62. The lowest BCUT2D eigenvalue weighted by atomic mass is 10.1. The smallest absolute Gasteiger partial charge is 0.264 e. The second-order valence-corrected chi connectivity index (χ2v) is 11.6. The van der Waals surface area contributed by atoms with Gasteiger partial charge in [-0.1, -0.05) is 11.6 Å². The van der Waals surface area contributed by atoms with Gasteiger partial charge in [0, 0.05) is 18.1 Å². The zero-order chi connectivity index (χ0) is 29.2. The number of anilines is 1. The van der Waals surface area contributed by atoms with E-state index in [1.54, 1.807) is 36.4 Å². The van der Waals surface area contributed by atoms with Gasteiger partial charge in [0.1, 0.15) is 18.0 Å². The van der Waals surface area contributed by atoms with E-state index in [0.29, 0.717) is 22.1 Å². The predicted octanol–water partition coefficient (Wildman–Crippen LogP) is 4.09. The molecule has 0 spiro atoms. The molecule has 3 aromatic carbocycles. The highest BCUT2D eigenvalue weighted by Crippen LogP contribution is 2.26. The predicted molar refractivity (Wildman–Crippen MR) is 157 cm³/mol. The molecule has 1 N–H and O–H groups in total. The SMILES string of the molecule is COc1ccc(S(=O)(=O)N(CC(=O)N/N=C\c2ccc(OCC(=O)N3CCCCC3)cc2)c2ccc(Cl)cc2)cc1. The number of hydrogen-bond acceptors (Lipinski definition) is 7. The number of halogens is 1. The Morgan fingerprint density at radius 2 is 1.59 bits per heavy atom. The van der Waals surface area contributed by atoms with Crippen LogP contribution in [-0.2, 0) is 19.6 Å². The van der Waals surface area contributed by atoms with Gasteiger partial charge in [0.05, 0.1) is 23.9 Å². The molecule has 0 radical (unpaired) electrons. The molecule has 0 aromatic heterocycles. The molecule has 1 aliphatic rings. The number of piperidine rings is 1. The molecule has 0 atom stereocenters. The Morgan fingerprint density at radius 1 is 0.951 bits per heavy atom. The molecule has 12 heteroatoms. The van der Waals surface area contributed by atoms with E-state index in [-0.39, 0.29) is 23.1 Å². The summed E-state index contributed by atoms with van der Waals surface area (Å²) in [4.78, 5) is 26.9. The van der Waals surface area contributed by atoms with Gasteiger partial charge in [0.15, 0.2) is 6.61 Å². The lowest BCUT2D eigenvalue weighted by Gasteiger charge is -2.26. The minimum Gasteiger partial charge on any atom is -0.497 e. The Bertz CT molecular complexity index is 1460. The van der Waals surface area contributed by atoms with Crippen molar-refractivity contribution in [2.45, 2.75) is 24.2 Å². The van der Waals surface area contributed by atoms with Gasteiger partial charge in [-0.2, -0.15) is 5.10 Å². The van der Waals surface area contributed by atoms with Crippen molar-refractivity contribution < 1.29 is 27.5 Å². The van der Waals surface area contributed by atoms with Gasteiger partial charge < -0.3 is 14.4 Å². The monoisotopic (exact) mass is 598 g/mol. The number of nitrogens with zero attached hydrogens (tertiary/aromatic N) is 3. The molecule has 1 saturated heterocycles. The van der Waals surface area contributed by atoms with E-state index in [4.69, 9.17) is 21.1 Å². The number of nitrogens with one attached hydrogen (secondary N) is 1. The van der Waals surface area contributed by atoms with Crippen LogP contribution in [0.4, 0.5) is 5.69 Å². The van der Waals surface area contributed by atoms with E-state index < -0.39 is 22.5 Å². The number of rotatable bonds is 11. The van der Waals surface area contributed by atoms with Crippen LogP contribution in [0.5, 0.6) is 11.5 Å². The minimum absolute atomic E-state index is 0.00973. The Hall–Kier alpha value is -4.09. The van der Waals surface area contributed by atoms with E-state index in [1.807, 2.05) is 4.90 Å². The summed E-state index contributed by atoms with van der Waals surface area (Å²) < 4.78 is 38.6. The second kappa shape index (κ2) is 14.0. The van der Waals surface area contributed by atoms with Gasteiger partial charge in [-0.15, -0.1) is 0 Å². The molecular formula is C29H31ClN4O6S. The number of likely N-dealkylation sites (tertiary alicyclic amines) is 1. The summed E-state index contributed by atoms with van der Waals surface area (Å²) in [5.74, 6) is 0.364. The Morgan fingerprint density at radius 3 is 2.22 bits per heavy atom. The Labute approximate surface area is 244 Å². The van der Waals surface area contributed by atoms with Crippen LogP contribution in [0.3, 0.4) is 0 Å². The number of amides is 2. The molecule has 1 aliphatic heterocycles. The van der Waals surface area contributed by atoms with Crippen LogP contribution < -0.4 is 19.2 Å². The van der Waals surface area contributed by atoms with Crippen molar-refractivity contribution >= 4 is 45.3 Å². The molecule has 4 rings (SSSR count). The molecule has 0 unspecified atom stereocenters. The fraction of sp³-hybridized carbons (Fsp3) is 0.276. The van der Waals surface area contributed by atoms with Crippen molar-refractivity contribution in [3.63, 3.8) is 0 Å². The largest absolute Gasteiger partial charge is 0.497 e. The van der Waals surface area contributed by atoms with Gasteiger partial charge >= 0.3 is 0 Å². The van der Waals surface area contributed by atoms with Crippen molar-refractivity contribution in [2.24, 2.45) is 5.10 Å². The first kappa shape index (κ1) is 29.9. The highest BCUT2D eigenvalue weighted by Gasteiger charge is 2.27. The Kier molecular flexibility index (Phi) is 10.2. The summed E-state index contributed by atoms with van der Waals surface area (Å²) in [6.45, 7) is 1.00. The maximum Gasteiger partial charge on any atom is 0.264 e. The van der Waals surface area contributed by atoms with Crippen molar-refractivity contribution in [1.82, 2.24) is 10.3 Å². The third-order valence-electron chi connectivity index (χ3n) is 6.40. The van der Waals surface area contributed by atoms with E-state index >= 15 is 0 Å². The van der Waals surface area contributed by atoms with Gasteiger partial charge in [0.25, 0.3) is 21.8 Å². The van der Waals surface area contributed by atoms with Crippen LogP contribution in [0.1, 0.15) is 24.8 Å². The average Bonchev–Trinajstić information content (AvgIpc) is 3.00. The van der Waals surface area contributed by atoms with E-state index in [2.05, 4.69) is 10.5 Å². The van der Waals surface area contributed by atoms with Crippen molar-refractivity contribution in [3.05, 3.63) is 83.4 Å². The van der Waals surface area contributed by atoms with E-state index in [0.717, 1.165) is 36.7 Å². The summed E-state index contributed by atoms with van der Waals surface area (Å²) in [7, 11) is -2.62. The van der Waals surface area contributed by atoms with Crippen LogP contribution in [-0.4, -0.2) is 64.7 Å². The first-order valence-electron chi connectivity index (χ1n) is 13.0. The quantitative estimate of drug-likeness (QED) is 0.262. The topological polar surface area (TPSA) is 118 Å². The third-order valence-corrected chi connectivity index (χ3v) is 8.44. The normalized spacial score (nSPS) is 13.6. The minimum atomic E-state index is -4.11. The van der Waals surface area contributed by atoms with Crippen LogP contribution in [0.15, 0.2) is 82.8 Å². The summed E-state index contributed by atoms with van der Waals surface area (Å²) in [5.41, 5.74) is 3.30. The van der Waals surface area contributed by atoms with Crippen LogP contribution in [0.25, 0.3) is 0 Å². The zero-order valence-electron chi connectivity index (χ0n) is 22.5. The number of hydrogen-bond donors (Lipinski definition) is 1. The number of hydrazone groups is 1. The lowest BCUT2D eigenvalue weighted by Crippen LogP contribution is -2.39. The van der Waals surface area contributed by atoms with Crippen molar-refractivity contribution in [2.75, 3.05) is 37.7 Å². The Balaban J connectivity index is 1.37. The summed E-state index contributed by atoms with van der Waals surface area (Å²) in [5, 5.41) is 4.39. The first-order chi connectivity index (χ1) is 19.8. The molecular weight excluding hydrogens is 568 g/mol.